The van der Waals surface area contributed by atoms with E-state index in [1.165, 1.54) is 0 Å². The van der Waals surface area contributed by atoms with Crippen LogP contribution in [0.25, 0.3) is 0 Å². The third-order valence-electron chi connectivity index (χ3n) is 2.87. The van der Waals surface area contributed by atoms with E-state index in [0.717, 1.165) is 29.5 Å². The second-order valence-corrected chi connectivity index (χ2v) is 5.65. The van der Waals surface area contributed by atoms with Gasteiger partial charge in [0.2, 0.25) is 5.16 Å². The van der Waals surface area contributed by atoms with E-state index in [4.69, 9.17) is 11.6 Å². The largest absolute Gasteiger partial charge is 0.373 e. The molecule has 0 radical (unpaired) electrons. The zero-order valence-electron chi connectivity index (χ0n) is 10.4. The summed E-state index contributed by atoms with van der Waals surface area (Å²) in [7, 11) is 1.83. The van der Waals surface area contributed by atoms with Crippen molar-refractivity contribution in [3.8, 4) is 0 Å². The second kappa shape index (κ2) is 5.34. The minimum Gasteiger partial charge on any atom is -0.373 e. The summed E-state index contributed by atoms with van der Waals surface area (Å²) in [5.74, 6) is 1.46. The molecule has 100 valence electrons. The van der Waals surface area contributed by atoms with Crippen LogP contribution >= 0.6 is 23.4 Å². The molecule has 8 heteroatoms. The lowest BCUT2D eigenvalue weighted by Gasteiger charge is -2.06. The van der Waals surface area contributed by atoms with E-state index in [2.05, 4.69) is 25.8 Å². The first-order valence-electron chi connectivity index (χ1n) is 6.02. The fraction of sp³-hybridized carbons (Fsp3) is 0.455. The van der Waals surface area contributed by atoms with Crippen LogP contribution in [0.15, 0.2) is 17.3 Å². The molecule has 0 saturated heterocycles. The highest BCUT2D eigenvalue weighted by atomic mass is 35.5. The molecule has 0 aliphatic heterocycles. The van der Waals surface area contributed by atoms with Crippen LogP contribution in [0.5, 0.6) is 0 Å². The van der Waals surface area contributed by atoms with E-state index in [9.17, 15) is 0 Å². The minimum atomic E-state index is 0.476. The molecule has 1 saturated carbocycles. The van der Waals surface area contributed by atoms with Crippen LogP contribution in [0, 0.1) is 0 Å². The summed E-state index contributed by atoms with van der Waals surface area (Å²) < 4.78 is 1.89. The van der Waals surface area contributed by atoms with Crippen LogP contribution in [0.2, 0.25) is 5.02 Å². The summed E-state index contributed by atoms with van der Waals surface area (Å²) in [4.78, 5) is 4.44. The number of nitrogens with one attached hydrogen (secondary N) is 1. The topological polar surface area (TPSA) is 68.5 Å². The van der Waals surface area contributed by atoms with Crippen molar-refractivity contribution in [2.24, 2.45) is 0 Å². The molecule has 2 aromatic rings. The number of hydrogen-bond acceptors (Lipinski definition) is 6. The van der Waals surface area contributed by atoms with E-state index in [-0.39, 0.29) is 0 Å². The molecule has 1 aliphatic rings. The van der Waals surface area contributed by atoms with E-state index >= 15 is 0 Å². The zero-order chi connectivity index (χ0) is 13.2. The van der Waals surface area contributed by atoms with Gasteiger partial charge in [0.15, 0.2) is 0 Å². The highest BCUT2D eigenvalue weighted by molar-refractivity contribution is 7.98. The molecule has 3 rings (SSSR count). The van der Waals surface area contributed by atoms with E-state index < -0.39 is 0 Å². The van der Waals surface area contributed by atoms with Crippen LogP contribution in [0.3, 0.4) is 0 Å². The van der Waals surface area contributed by atoms with Gasteiger partial charge in [-0.1, -0.05) is 23.4 Å². The first-order valence-corrected chi connectivity index (χ1v) is 7.38. The van der Waals surface area contributed by atoms with Crippen molar-refractivity contribution >= 4 is 29.2 Å². The van der Waals surface area contributed by atoms with Crippen LogP contribution in [0.4, 0.5) is 5.82 Å². The number of thioether (sulfide) groups is 1. The van der Waals surface area contributed by atoms with E-state index in [1.54, 1.807) is 11.8 Å². The van der Waals surface area contributed by atoms with Gasteiger partial charge in [-0.15, -0.1) is 5.10 Å². The molecular weight excluding hydrogens is 284 g/mol. The summed E-state index contributed by atoms with van der Waals surface area (Å²) in [6.07, 6.45) is 2.32. The lowest BCUT2D eigenvalue weighted by molar-refractivity contribution is 0.565. The maximum atomic E-state index is 6.15. The third kappa shape index (κ3) is 2.82. The first kappa shape index (κ1) is 12.7. The number of aromatic nitrogens is 5. The number of anilines is 1. The van der Waals surface area contributed by atoms with Gasteiger partial charge in [0.25, 0.3) is 0 Å². The van der Waals surface area contributed by atoms with Gasteiger partial charge in [-0.25, -0.2) is 9.67 Å². The van der Waals surface area contributed by atoms with E-state index in [0.29, 0.717) is 16.8 Å². The van der Waals surface area contributed by atoms with Crippen LogP contribution in [-0.4, -0.2) is 32.2 Å². The zero-order valence-corrected chi connectivity index (χ0v) is 11.9. The van der Waals surface area contributed by atoms with Gasteiger partial charge >= 0.3 is 0 Å². The number of tetrazole rings is 1. The molecule has 2 aromatic heterocycles. The summed E-state index contributed by atoms with van der Waals surface area (Å²) in [5, 5.41) is 16.3. The molecule has 1 aliphatic carbocycles. The lowest BCUT2D eigenvalue weighted by atomic mass is 10.3. The smallest absolute Gasteiger partial charge is 0.209 e. The number of halogens is 1. The van der Waals surface area contributed by atoms with Crippen LogP contribution in [0.1, 0.15) is 24.6 Å². The van der Waals surface area contributed by atoms with Crippen molar-refractivity contribution in [2.75, 3.05) is 12.4 Å². The van der Waals surface area contributed by atoms with Crippen molar-refractivity contribution < 1.29 is 0 Å². The average molecular weight is 297 g/mol. The fourth-order valence-electron chi connectivity index (χ4n) is 1.69. The Hall–Kier alpha value is -1.34. The number of nitrogens with zero attached hydrogens (tertiary/aromatic N) is 5. The summed E-state index contributed by atoms with van der Waals surface area (Å²) in [6, 6.07) is 4.18. The quantitative estimate of drug-likeness (QED) is 0.855. The molecule has 0 bridgehead atoms. The van der Waals surface area contributed by atoms with Gasteiger partial charge in [-0.2, -0.15) is 0 Å². The Kier molecular flexibility index (Phi) is 3.56. The van der Waals surface area contributed by atoms with Gasteiger partial charge in [0.1, 0.15) is 5.82 Å². The first-order chi connectivity index (χ1) is 9.28. The Morgan fingerprint density at radius 2 is 2.32 bits per heavy atom. The Balaban J connectivity index is 1.73. The van der Waals surface area contributed by atoms with Crippen molar-refractivity contribution in [3.05, 3.63) is 22.8 Å². The molecule has 6 nitrogen and oxygen atoms in total. The van der Waals surface area contributed by atoms with Crippen molar-refractivity contribution in [3.63, 3.8) is 0 Å². The molecule has 2 heterocycles. The predicted octanol–water partition coefficient (Wildman–Crippen LogP) is 2.39. The Morgan fingerprint density at radius 1 is 1.47 bits per heavy atom. The van der Waals surface area contributed by atoms with Gasteiger partial charge in [0.05, 0.1) is 16.8 Å². The average Bonchev–Trinajstić information content (AvgIpc) is 3.17. The number of rotatable bonds is 5. The third-order valence-corrected chi connectivity index (χ3v) is 4.16. The Labute approximate surface area is 119 Å². The fourth-order valence-corrected chi connectivity index (χ4v) is 2.84. The number of hydrogen-bond donors (Lipinski definition) is 1. The summed E-state index contributed by atoms with van der Waals surface area (Å²) in [5.41, 5.74) is 0.837. The number of pyridine rings is 1. The SMILES string of the molecule is CNc1ccc(Cl)c(CSc2nnnn2C2CC2)n1. The van der Waals surface area contributed by atoms with Crippen molar-refractivity contribution in [2.45, 2.75) is 29.8 Å². The van der Waals surface area contributed by atoms with Gasteiger partial charge in [0, 0.05) is 12.8 Å². The van der Waals surface area contributed by atoms with Crippen LogP contribution < -0.4 is 5.32 Å². The molecular formula is C11H13ClN6S. The normalized spacial score (nSPS) is 14.6. The van der Waals surface area contributed by atoms with Crippen molar-refractivity contribution in [1.29, 1.82) is 0 Å². The molecule has 0 spiro atoms. The standard InChI is InChI=1S/C11H13ClN6S/c1-13-10-5-4-8(12)9(14-10)6-19-11-15-16-17-18(11)7-2-3-7/h4-5,7H,2-3,6H2,1H3,(H,13,14). The summed E-state index contributed by atoms with van der Waals surface area (Å²) >= 11 is 7.71. The molecule has 1 fully saturated rings. The Morgan fingerprint density at radius 3 is 3.05 bits per heavy atom. The second-order valence-electron chi connectivity index (χ2n) is 4.30. The molecule has 0 amide bonds. The molecule has 1 N–H and O–H groups in total. The molecule has 0 atom stereocenters. The minimum absolute atomic E-state index is 0.476. The van der Waals surface area contributed by atoms with Gasteiger partial charge in [-0.3, -0.25) is 0 Å². The van der Waals surface area contributed by atoms with Gasteiger partial charge in [-0.05, 0) is 35.4 Å². The predicted molar refractivity (Wildman–Crippen MR) is 74.4 cm³/mol. The molecule has 0 unspecified atom stereocenters. The maximum Gasteiger partial charge on any atom is 0.209 e. The highest BCUT2D eigenvalue weighted by Crippen LogP contribution is 2.37. The molecule has 0 aromatic carbocycles. The highest BCUT2D eigenvalue weighted by Gasteiger charge is 2.27. The maximum absolute atomic E-state index is 6.15. The lowest BCUT2D eigenvalue weighted by Crippen LogP contribution is -2.00. The summed E-state index contributed by atoms with van der Waals surface area (Å²) in [6.45, 7) is 0. The van der Waals surface area contributed by atoms with Crippen LogP contribution in [-0.2, 0) is 5.75 Å². The van der Waals surface area contributed by atoms with Crippen molar-refractivity contribution in [1.82, 2.24) is 25.2 Å². The monoisotopic (exact) mass is 296 g/mol. The van der Waals surface area contributed by atoms with E-state index in [1.807, 2.05) is 23.9 Å². The van der Waals surface area contributed by atoms with Gasteiger partial charge < -0.3 is 5.32 Å². The molecule has 19 heavy (non-hydrogen) atoms. The Bertz CT molecular complexity index is 582.